The standard InChI is InChI=1S/C13H21F3N4/c1-5-6-10-18-11(17-4)7-12(19-10)20(9(2)3)8-13(14,15)16/h7,9H,5-6,8H2,1-4H3,(H,17,18,19). The molecular weight excluding hydrogens is 269 g/mol. The summed E-state index contributed by atoms with van der Waals surface area (Å²) in [5, 5.41) is 2.86. The van der Waals surface area contributed by atoms with E-state index in [1.54, 1.807) is 27.0 Å². The van der Waals surface area contributed by atoms with Crippen LogP contribution in [-0.4, -0.2) is 35.8 Å². The third-order valence-corrected chi connectivity index (χ3v) is 2.76. The van der Waals surface area contributed by atoms with E-state index >= 15 is 0 Å². The zero-order valence-corrected chi connectivity index (χ0v) is 12.3. The number of anilines is 2. The summed E-state index contributed by atoms with van der Waals surface area (Å²) in [4.78, 5) is 9.74. The molecule has 20 heavy (non-hydrogen) atoms. The molecule has 0 aliphatic heterocycles. The fraction of sp³-hybridized carbons (Fsp3) is 0.692. The van der Waals surface area contributed by atoms with Gasteiger partial charge in [-0.15, -0.1) is 0 Å². The second kappa shape index (κ2) is 6.76. The van der Waals surface area contributed by atoms with E-state index in [-0.39, 0.29) is 6.04 Å². The van der Waals surface area contributed by atoms with Gasteiger partial charge in [-0.3, -0.25) is 0 Å². The lowest BCUT2D eigenvalue weighted by Gasteiger charge is -2.29. The largest absolute Gasteiger partial charge is 0.405 e. The van der Waals surface area contributed by atoms with Crippen molar-refractivity contribution >= 4 is 11.6 Å². The molecule has 0 aliphatic carbocycles. The van der Waals surface area contributed by atoms with Crippen molar-refractivity contribution in [1.82, 2.24) is 9.97 Å². The predicted molar refractivity (Wildman–Crippen MR) is 74.1 cm³/mol. The number of alkyl halides is 3. The van der Waals surface area contributed by atoms with Crippen molar-refractivity contribution in [2.75, 3.05) is 23.8 Å². The van der Waals surface area contributed by atoms with Gasteiger partial charge in [0.2, 0.25) is 0 Å². The van der Waals surface area contributed by atoms with Crippen LogP contribution in [-0.2, 0) is 6.42 Å². The monoisotopic (exact) mass is 290 g/mol. The molecular formula is C13H21F3N4. The van der Waals surface area contributed by atoms with Crippen molar-refractivity contribution in [3.8, 4) is 0 Å². The lowest BCUT2D eigenvalue weighted by Crippen LogP contribution is -2.39. The molecule has 1 aromatic heterocycles. The lowest BCUT2D eigenvalue weighted by molar-refractivity contribution is -0.120. The second-order valence-electron chi connectivity index (χ2n) is 4.86. The summed E-state index contributed by atoms with van der Waals surface area (Å²) in [6, 6.07) is 1.25. The van der Waals surface area contributed by atoms with E-state index in [9.17, 15) is 13.2 Å². The molecule has 0 radical (unpaired) electrons. The molecule has 1 rings (SSSR count). The Morgan fingerprint density at radius 2 is 1.95 bits per heavy atom. The van der Waals surface area contributed by atoms with Crippen LogP contribution < -0.4 is 10.2 Å². The van der Waals surface area contributed by atoms with Gasteiger partial charge in [-0.05, 0) is 20.3 Å². The van der Waals surface area contributed by atoms with Crippen molar-refractivity contribution < 1.29 is 13.2 Å². The first kappa shape index (κ1) is 16.5. The average Bonchev–Trinajstić information content (AvgIpc) is 2.34. The van der Waals surface area contributed by atoms with E-state index < -0.39 is 12.7 Å². The van der Waals surface area contributed by atoms with E-state index in [2.05, 4.69) is 15.3 Å². The number of nitrogens with one attached hydrogen (secondary N) is 1. The quantitative estimate of drug-likeness (QED) is 0.873. The summed E-state index contributed by atoms with van der Waals surface area (Å²) < 4.78 is 38.0. The van der Waals surface area contributed by atoms with Gasteiger partial charge < -0.3 is 10.2 Å². The molecule has 0 atom stereocenters. The Kier molecular flexibility index (Phi) is 5.59. The Morgan fingerprint density at radius 1 is 1.30 bits per heavy atom. The first-order chi connectivity index (χ1) is 9.26. The SMILES string of the molecule is CCCc1nc(NC)cc(N(CC(F)(F)F)C(C)C)n1. The van der Waals surface area contributed by atoms with Gasteiger partial charge in [0.25, 0.3) is 0 Å². The Balaban J connectivity index is 3.14. The minimum atomic E-state index is -4.26. The highest BCUT2D eigenvalue weighted by Crippen LogP contribution is 2.24. The van der Waals surface area contributed by atoms with Crippen molar-refractivity contribution in [2.45, 2.75) is 45.8 Å². The van der Waals surface area contributed by atoms with E-state index in [0.717, 1.165) is 6.42 Å². The van der Waals surface area contributed by atoms with Crippen LogP contribution in [0.15, 0.2) is 6.07 Å². The zero-order valence-electron chi connectivity index (χ0n) is 12.3. The molecule has 1 heterocycles. The van der Waals surface area contributed by atoms with Crippen LogP contribution in [0.4, 0.5) is 24.8 Å². The van der Waals surface area contributed by atoms with Gasteiger partial charge in [0.1, 0.15) is 24.0 Å². The molecule has 0 amide bonds. The molecule has 0 spiro atoms. The van der Waals surface area contributed by atoms with Crippen LogP contribution in [0.5, 0.6) is 0 Å². The number of aromatic nitrogens is 2. The number of hydrogen-bond acceptors (Lipinski definition) is 4. The van der Waals surface area contributed by atoms with Crippen molar-refractivity contribution in [3.63, 3.8) is 0 Å². The normalized spacial score (nSPS) is 11.8. The van der Waals surface area contributed by atoms with Crippen LogP contribution >= 0.6 is 0 Å². The third kappa shape index (κ3) is 4.86. The molecule has 0 fully saturated rings. The Labute approximate surface area is 117 Å². The first-order valence-electron chi connectivity index (χ1n) is 6.66. The third-order valence-electron chi connectivity index (χ3n) is 2.76. The summed E-state index contributed by atoms with van der Waals surface area (Å²) in [5.74, 6) is 1.40. The highest BCUT2D eigenvalue weighted by atomic mass is 19.4. The number of rotatable bonds is 6. The van der Waals surface area contributed by atoms with Gasteiger partial charge in [0, 0.05) is 25.6 Å². The Hall–Kier alpha value is -1.53. The zero-order chi connectivity index (χ0) is 15.3. The topological polar surface area (TPSA) is 41.1 Å². The molecule has 0 unspecified atom stereocenters. The molecule has 114 valence electrons. The van der Waals surface area contributed by atoms with Crippen molar-refractivity contribution in [1.29, 1.82) is 0 Å². The predicted octanol–water partition coefficient (Wildman–Crippen LogP) is 3.25. The van der Waals surface area contributed by atoms with E-state index in [1.165, 1.54) is 4.90 Å². The maximum atomic E-state index is 12.7. The number of hydrogen-bond donors (Lipinski definition) is 1. The van der Waals surface area contributed by atoms with E-state index in [4.69, 9.17) is 0 Å². The summed E-state index contributed by atoms with van der Waals surface area (Å²) in [6.45, 7) is 4.39. The van der Waals surface area contributed by atoms with Crippen molar-refractivity contribution in [3.05, 3.63) is 11.9 Å². The van der Waals surface area contributed by atoms with Gasteiger partial charge in [-0.2, -0.15) is 13.2 Å². The maximum Gasteiger partial charge on any atom is 0.405 e. The molecule has 0 saturated heterocycles. The highest BCUT2D eigenvalue weighted by molar-refractivity contribution is 5.50. The minimum absolute atomic E-state index is 0.300. The van der Waals surface area contributed by atoms with Gasteiger partial charge >= 0.3 is 6.18 Å². The van der Waals surface area contributed by atoms with Crippen LogP contribution in [0.3, 0.4) is 0 Å². The Morgan fingerprint density at radius 3 is 2.40 bits per heavy atom. The van der Waals surface area contributed by atoms with E-state index in [1.807, 2.05) is 6.92 Å². The molecule has 0 aromatic carbocycles. The Bertz CT molecular complexity index is 432. The second-order valence-corrected chi connectivity index (χ2v) is 4.86. The minimum Gasteiger partial charge on any atom is -0.373 e. The molecule has 1 N–H and O–H groups in total. The molecule has 7 heteroatoms. The van der Waals surface area contributed by atoms with Crippen LogP contribution in [0.25, 0.3) is 0 Å². The molecule has 0 bridgehead atoms. The van der Waals surface area contributed by atoms with E-state index in [0.29, 0.717) is 23.9 Å². The lowest BCUT2D eigenvalue weighted by atomic mass is 10.3. The molecule has 4 nitrogen and oxygen atoms in total. The summed E-state index contributed by atoms with van der Waals surface area (Å²) in [6.07, 6.45) is -2.78. The van der Waals surface area contributed by atoms with Crippen LogP contribution in [0.2, 0.25) is 0 Å². The van der Waals surface area contributed by atoms with Crippen LogP contribution in [0.1, 0.15) is 33.0 Å². The van der Waals surface area contributed by atoms with Gasteiger partial charge in [-0.1, -0.05) is 6.92 Å². The smallest absolute Gasteiger partial charge is 0.373 e. The van der Waals surface area contributed by atoms with Gasteiger partial charge in [-0.25, -0.2) is 9.97 Å². The van der Waals surface area contributed by atoms with Crippen molar-refractivity contribution in [2.24, 2.45) is 0 Å². The fourth-order valence-corrected chi connectivity index (χ4v) is 1.81. The summed E-state index contributed by atoms with van der Waals surface area (Å²) in [5.41, 5.74) is 0. The summed E-state index contributed by atoms with van der Waals surface area (Å²) in [7, 11) is 1.69. The number of nitrogens with zero attached hydrogens (tertiary/aromatic N) is 3. The fourth-order valence-electron chi connectivity index (χ4n) is 1.81. The average molecular weight is 290 g/mol. The van der Waals surface area contributed by atoms with Crippen LogP contribution in [0, 0.1) is 0 Å². The number of aryl methyl sites for hydroxylation is 1. The van der Waals surface area contributed by atoms with Gasteiger partial charge in [0.15, 0.2) is 0 Å². The summed E-state index contributed by atoms with van der Waals surface area (Å²) >= 11 is 0. The number of halogens is 3. The first-order valence-corrected chi connectivity index (χ1v) is 6.66. The maximum absolute atomic E-state index is 12.7. The molecule has 0 saturated carbocycles. The molecule has 0 aliphatic rings. The molecule has 1 aromatic rings. The van der Waals surface area contributed by atoms with Gasteiger partial charge in [0.05, 0.1) is 0 Å². The highest BCUT2D eigenvalue weighted by Gasteiger charge is 2.32.